The molecule has 0 N–H and O–H groups in total. The summed E-state index contributed by atoms with van der Waals surface area (Å²) >= 11 is 0. The highest BCUT2D eigenvalue weighted by Crippen LogP contribution is 2.67. The van der Waals surface area contributed by atoms with Crippen LogP contribution in [0.15, 0.2) is 170 Å². The number of anilines is 2. The minimum absolute atomic E-state index is 0.0149. The van der Waals surface area contributed by atoms with Crippen molar-refractivity contribution in [3.63, 3.8) is 0 Å². The maximum absolute atomic E-state index is 2.95. The van der Waals surface area contributed by atoms with Crippen molar-refractivity contribution in [3.05, 3.63) is 225 Å². The number of aromatic nitrogens is 1. The molecule has 0 saturated heterocycles. The molecule has 0 bridgehead atoms. The van der Waals surface area contributed by atoms with E-state index in [4.69, 9.17) is 0 Å². The van der Waals surface area contributed by atoms with Crippen LogP contribution in [0.25, 0.3) is 39.0 Å². The van der Waals surface area contributed by atoms with Gasteiger partial charge in [-0.05, 0) is 126 Å². The Bertz CT molecular complexity index is 3700. The first-order valence-corrected chi connectivity index (χ1v) is 26.5. The van der Waals surface area contributed by atoms with Crippen LogP contribution in [0.5, 0.6) is 0 Å². The van der Waals surface area contributed by atoms with E-state index in [9.17, 15) is 0 Å². The summed E-state index contributed by atoms with van der Waals surface area (Å²) in [4.78, 5) is 2.95. The van der Waals surface area contributed by atoms with E-state index in [1.165, 1.54) is 136 Å². The summed E-state index contributed by atoms with van der Waals surface area (Å²) in [6, 6.07) is 66.9. The molecule has 6 aliphatic rings. The Morgan fingerprint density at radius 1 is 0.507 bits per heavy atom. The van der Waals surface area contributed by atoms with Crippen molar-refractivity contribution in [2.75, 3.05) is 4.90 Å². The van der Waals surface area contributed by atoms with Crippen LogP contribution in [0.3, 0.4) is 0 Å². The second kappa shape index (κ2) is 13.8. The molecule has 1 saturated carbocycles. The van der Waals surface area contributed by atoms with E-state index in [0.29, 0.717) is 0 Å². The Morgan fingerprint density at radius 3 is 1.65 bits per heavy atom. The lowest BCUT2D eigenvalue weighted by molar-refractivity contribution is 0.195. The number of benzene rings is 8. The summed E-state index contributed by atoms with van der Waals surface area (Å²) in [5.41, 5.74) is 28.7. The van der Waals surface area contributed by atoms with Gasteiger partial charge in [-0.25, -0.2) is 0 Å². The van der Waals surface area contributed by atoms with Crippen LogP contribution >= 0.6 is 0 Å². The van der Waals surface area contributed by atoms with Crippen LogP contribution in [0.4, 0.5) is 11.4 Å². The van der Waals surface area contributed by atoms with E-state index in [-0.39, 0.29) is 34.4 Å². The molecule has 2 unspecified atom stereocenters. The van der Waals surface area contributed by atoms with Gasteiger partial charge in [-0.3, -0.25) is 0 Å². The summed E-state index contributed by atoms with van der Waals surface area (Å²) in [6.45, 7) is 19.9. The van der Waals surface area contributed by atoms with Crippen LogP contribution in [-0.4, -0.2) is 16.8 Å². The van der Waals surface area contributed by atoms with Crippen molar-refractivity contribution in [2.24, 2.45) is 0 Å². The van der Waals surface area contributed by atoms with Gasteiger partial charge in [0.15, 0.2) is 0 Å². The van der Waals surface area contributed by atoms with E-state index in [1.807, 2.05) is 0 Å². The fraction of sp³-hybridized carbons (Fsp3) is 0.265. The minimum Gasteiger partial charge on any atom is -0.335 e. The third-order valence-electron chi connectivity index (χ3n) is 19.1. The van der Waals surface area contributed by atoms with Crippen LogP contribution in [0.2, 0.25) is 0 Å². The number of rotatable bonds is 3. The van der Waals surface area contributed by atoms with E-state index >= 15 is 0 Å². The molecular weight excluding hydrogens is 856 g/mol. The summed E-state index contributed by atoms with van der Waals surface area (Å²) in [6.07, 6.45) is 4.86. The highest BCUT2D eigenvalue weighted by molar-refractivity contribution is 7.00. The predicted molar refractivity (Wildman–Crippen MR) is 298 cm³/mol. The molecule has 1 fully saturated rings. The molecule has 1 aromatic heterocycles. The van der Waals surface area contributed by atoms with Gasteiger partial charge >= 0.3 is 0 Å². The molecular formula is C68H61BN2. The fourth-order valence-electron chi connectivity index (χ4n) is 15.6. The van der Waals surface area contributed by atoms with E-state index in [0.717, 1.165) is 6.42 Å². The van der Waals surface area contributed by atoms with Gasteiger partial charge in [0.05, 0.1) is 16.6 Å². The van der Waals surface area contributed by atoms with Gasteiger partial charge in [0.2, 0.25) is 0 Å². The molecule has 3 heteroatoms. The number of nitrogens with zero attached hydrogens (tertiary/aromatic N) is 2. The number of hydrogen-bond donors (Lipinski definition) is 0. The molecule has 3 aliphatic carbocycles. The van der Waals surface area contributed by atoms with Gasteiger partial charge in [-0.15, -0.1) is 0 Å². The lowest BCUT2D eigenvalue weighted by Gasteiger charge is -2.52. The van der Waals surface area contributed by atoms with Gasteiger partial charge in [-0.2, -0.15) is 0 Å². The standard InChI is InChI=1S/C68H61BN2/c1-64(2,3)44-37-49-59-62(48-29-17-20-32-52(48)68(59)50-30-18-15-27-46(50)47-28-16-19-31-51(47)68)70-56-35-43(58(41-23-11-9-12-24-41)42-25-13-10-14-26-42)36-57-60(56)69(54(39-44)61(49)70)55-40-45(65(4,5)6)38-53-63(55)71(57)67(8)34-22-21-33-66(53,67)7/h9-20,23-32,35-40,58H,21-22,33-34H2,1-8H3. The Kier molecular flexibility index (Phi) is 8.12. The van der Waals surface area contributed by atoms with Crippen LogP contribution in [0.1, 0.15) is 143 Å². The maximum atomic E-state index is 2.95. The Morgan fingerprint density at radius 2 is 1.03 bits per heavy atom. The molecule has 4 heterocycles. The molecule has 1 spiro atoms. The van der Waals surface area contributed by atoms with Gasteiger partial charge in [0, 0.05) is 50.4 Å². The third kappa shape index (κ3) is 5.06. The highest BCUT2D eigenvalue weighted by Gasteiger charge is 2.62. The monoisotopic (exact) mass is 916 g/mol. The fourth-order valence-corrected chi connectivity index (χ4v) is 15.6. The smallest absolute Gasteiger partial charge is 0.252 e. The summed E-state index contributed by atoms with van der Waals surface area (Å²) in [5.74, 6) is 0.0330. The summed E-state index contributed by atoms with van der Waals surface area (Å²) < 4.78 is 2.83. The molecule has 0 amide bonds. The Hall–Kier alpha value is -6.84. The molecule has 2 nitrogen and oxygen atoms in total. The van der Waals surface area contributed by atoms with Crippen LogP contribution < -0.4 is 21.3 Å². The molecule has 0 radical (unpaired) electrons. The van der Waals surface area contributed by atoms with Crippen molar-refractivity contribution in [3.8, 4) is 28.1 Å². The largest absolute Gasteiger partial charge is 0.335 e. The molecule has 3 aliphatic heterocycles. The van der Waals surface area contributed by atoms with Crippen molar-refractivity contribution in [1.82, 2.24) is 4.57 Å². The molecule has 346 valence electrons. The second-order valence-corrected chi connectivity index (χ2v) is 24.7. The quantitative estimate of drug-likeness (QED) is 0.127. The van der Waals surface area contributed by atoms with Crippen LogP contribution in [-0.2, 0) is 21.7 Å². The lowest BCUT2D eigenvalue weighted by atomic mass is 9.33. The number of hydrogen-bond acceptors (Lipinski definition) is 1. The Balaban J connectivity index is 1.17. The zero-order valence-electron chi connectivity index (χ0n) is 42.5. The third-order valence-corrected chi connectivity index (χ3v) is 19.1. The second-order valence-electron chi connectivity index (χ2n) is 24.7. The first-order chi connectivity index (χ1) is 34.2. The molecule has 2 atom stereocenters. The Labute approximate surface area is 420 Å². The zero-order valence-corrected chi connectivity index (χ0v) is 42.5. The first-order valence-electron chi connectivity index (χ1n) is 26.5. The normalized spacial score (nSPS) is 20.2. The highest BCUT2D eigenvalue weighted by atomic mass is 15.3. The average Bonchev–Trinajstić information content (AvgIpc) is 4.05. The minimum atomic E-state index is -0.493. The van der Waals surface area contributed by atoms with Crippen molar-refractivity contribution in [2.45, 2.75) is 114 Å². The van der Waals surface area contributed by atoms with E-state index in [1.54, 1.807) is 5.56 Å². The van der Waals surface area contributed by atoms with E-state index < -0.39 is 5.41 Å². The van der Waals surface area contributed by atoms with Gasteiger partial charge in [0.1, 0.15) is 0 Å². The van der Waals surface area contributed by atoms with Crippen LogP contribution in [0, 0.1) is 0 Å². The van der Waals surface area contributed by atoms with Gasteiger partial charge < -0.3 is 9.47 Å². The molecule has 8 aromatic carbocycles. The van der Waals surface area contributed by atoms with Gasteiger partial charge in [-0.1, -0.05) is 213 Å². The van der Waals surface area contributed by atoms with Crippen molar-refractivity contribution >= 4 is 45.4 Å². The molecule has 71 heavy (non-hydrogen) atoms. The maximum Gasteiger partial charge on any atom is 0.252 e. The average molecular weight is 917 g/mol. The topological polar surface area (TPSA) is 8.17 Å². The number of fused-ring (bicyclic) bond motifs is 19. The zero-order chi connectivity index (χ0) is 48.1. The summed E-state index contributed by atoms with van der Waals surface area (Å²) in [5, 5.41) is 1.39. The predicted octanol–water partition coefficient (Wildman–Crippen LogP) is 14.6. The van der Waals surface area contributed by atoms with Crippen molar-refractivity contribution < 1.29 is 0 Å². The van der Waals surface area contributed by atoms with Crippen molar-refractivity contribution in [1.29, 1.82) is 0 Å². The van der Waals surface area contributed by atoms with E-state index in [2.05, 4.69) is 235 Å². The lowest BCUT2D eigenvalue weighted by Crippen LogP contribution is -2.64. The van der Waals surface area contributed by atoms with Gasteiger partial charge in [0.25, 0.3) is 6.71 Å². The molecule has 15 rings (SSSR count). The first kappa shape index (κ1) is 41.9. The summed E-state index contributed by atoms with van der Waals surface area (Å²) in [7, 11) is 0. The SMILES string of the molecule is CC(C)(C)c1cc2c3c(c1)C1(C)CCCCC1(C)N3c1cc(C(c3ccccc3)c3ccccc3)cc3c1B2c1cc(C(C)(C)C)cc2c4c(n-3c12)-c1ccccc1C41c2ccccc2-c2ccccc21. The molecule has 9 aromatic rings.